The number of halogens is 5. The standard InChI is InChI=1S/C20H15F5N6O/c1-10-8-13(30(2)28-10)14-12(9-26)17(27)32-18-15(14)16(19(21,22)20(23,24)25)29-31(18)11-6-4-3-5-7-11/h3-8,14H,27H2,1-2H3/t14-/m1/s1. The second-order valence-corrected chi connectivity index (χ2v) is 7.15. The lowest BCUT2D eigenvalue weighted by Gasteiger charge is -2.26. The molecule has 0 unspecified atom stereocenters. The molecule has 0 radical (unpaired) electrons. The first-order valence-electron chi connectivity index (χ1n) is 9.18. The molecule has 1 aliphatic rings. The number of allylic oxidation sites excluding steroid dienone is 1. The Bertz CT molecular complexity index is 1270. The first-order chi connectivity index (χ1) is 15.0. The zero-order valence-electron chi connectivity index (χ0n) is 16.7. The SMILES string of the molecule is Cc1cc([C@H]2C(C#N)=C(N)Oc3c2c(C(F)(F)C(F)(F)F)nn3-c2ccccc2)n(C)n1. The maximum Gasteiger partial charge on any atom is 0.459 e. The molecule has 7 nitrogen and oxygen atoms in total. The average Bonchev–Trinajstić information content (AvgIpc) is 3.26. The zero-order valence-corrected chi connectivity index (χ0v) is 16.7. The predicted octanol–water partition coefficient (Wildman–Crippen LogP) is 3.79. The van der Waals surface area contributed by atoms with Crippen LogP contribution in [0.5, 0.6) is 5.88 Å². The van der Waals surface area contributed by atoms with Gasteiger partial charge in [-0.2, -0.15) is 42.1 Å². The molecule has 0 saturated heterocycles. The number of fused-ring (bicyclic) bond motifs is 1. The summed E-state index contributed by atoms with van der Waals surface area (Å²) in [7, 11) is 1.48. The van der Waals surface area contributed by atoms with Crippen LogP contribution in [0.1, 0.15) is 28.6 Å². The van der Waals surface area contributed by atoms with Crippen LogP contribution in [0.15, 0.2) is 47.9 Å². The molecule has 0 aliphatic carbocycles. The summed E-state index contributed by atoms with van der Waals surface area (Å²) in [6.07, 6.45) is -5.94. The first-order valence-corrected chi connectivity index (χ1v) is 9.18. The Kier molecular flexibility index (Phi) is 4.73. The molecule has 2 N–H and O–H groups in total. The van der Waals surface area contributed by atoms with Crippen molar-refractivity contribution >= 4 is 0 Å². The molecule has 4 rings (SSSR count). The van der Waals surface area contributed by atoms with Crippen molar-refractivity contribution in [1.82, 2.24) is 19.6 Å². The third kappa shape index (κ3) is 3.08. The summed E-state index contributed by atoms with van der Waals surface area (Å²) in [5.74, 6) is -7.60. The van der Waals surface area contributed by atoms with Crippen LogP contribution >= 0.6 is 0 Å². The molecule has 0 saturated carbocycles. The minimum Gasteiger partial charge on any atom is -0.422 e. The molecule has 2 aromatic heterocycles. The zero-order chi connectivity index (χ0) is 23.4. The maximum absolute atomic E-state index is 14.7. The third-order valence-corrected chi connectivity index (χ3v) is 5.04. The van der Waals surface area contributed by atoms with Crippen LogP contribution in [0.2, 0.25) is 0 Å². The molecule has 0 amide bonds. The second kappa shape index (κ2) is 7.08. The van der Waals surface area contributed by atoms with Gasteiger partial charge in [-0.1, -0.05) is 18.2 Å². The Morgan fingerprint density at radius 3 is 2.31 bits per heavy atom. The van der Waals surface area contributed by atoms with E-state index in [1.165, 1.54) is 29.9 Å². The molecule has 0 spiro atoms. The number of benzene rings is 1. The molecule has 1 atom stereocenters. The van der Waals surface area contributed by atoms with Gasteiger partial charge in [-0.3, -0.25) is 4.68 Å². The van der Waals surface area contributed by atoms with E-state index < -0.39 is 41.0 Å². The Morgan fingerprint density at radius 2 is 1.78 bits per heavy atom. The number of nitrogens with two attached hydrogens (primary N) is 1. The van der Waals surface area contributed by atoms with Gasteiger partial charge in [-0.25, -0.2) is 0 Å². The number of hydrogen-bond donors (Lipinski definition) is 1. The summed E-state index contributed by atoms with van der Waals surface area (Å²) >= 11 is 0. The van der Waals surface area contributed by atoms with Crippen molar-refractivity contribution in [1.29, 1.82) is 5.26 Å². The van der Waals surface area contributed by atoms with Crippen molar-refractivity contribution in [2.45, 2.75) is 24.9 Å². The van der Waals surface area contributed by atoms with Gasteiger partial charge < -0.3 is 10.5 Å². The summed E-state index contributed by atoms with van der Waals surface area (Å²) in [5.41, 5.74) is 4.20. The molecular weight excluding hydrogens is 435 g/mol. The van der Waals surface area contributed by atoms with Gasteiger partial charge in [0.1, 0.15) is 17.3 Å². The highest BCUT2D eigenvalue weighted by molar-refractivity contribution is 5.57. The first kappa shape index (κ1) is 21.4. The van der Waals surface area contributed by atoms with E-state index in [9.17, 15) is 27.2 Å². The van der Waals surface area contributed by atoms with Crippen LogP contribution in [0, 0.1) is 18.3 Å². The normalized spacial score (nSPS) is 16.5. The number of alkyl halides is 5. The number of hydrogen-bond acceptors (Lipinski definition) is 5. The third-order valence-electron chi connectivity index (χ3n) is 5.04. The van der Waals surface area contributed by atoms with E-state index in [1.807, 2.05) is 0 Å². The van der Waals surface area contributed by atoms with Gasteiger partial charge in [-0.05, 0) is 25.1 Å². The van der Waals surface area contributed by atoms with Gasteiger partial charge in [0.2, 0.25) is 11.8 Å². The van der Waals surface area contributed by atoms with Crippen molar-refractivity contribution < 1.29 is 26.7 Å². The number of aromatic nitrogens is 4. The average molecular weight is 450 g/mol. The van der Waals surface area contributed by atoms with Gasteiger partial charge in [0, 0.05) is 7.05 Å². The topological polar surface area (TPSA) is 94.7 Å². The summed E-state index contributed by atoms with van der Waals surface area (Å²) in [4.78, 5) is 0. The van der Waals surface area contributed by atoms with E-state index in [0.29, 0.717) is 5.69 Å². The van der Waals surface area contributed by atoms with E-state index in [1.54, 1.807) is 31.2 Å². The van der Waals surface area contributed by atoms with Crippen molar-refractivity contribution in [3.63, 3.8) is 0 Å². The summed E-state index contributed by atoms with van der Waals surface area (Å²) in [6, 6.07) is 10.9. The number of nitrogens with zero attached hydrogens (tertiary/aromatic N) is 5. The van der Waals surface area contributed by atoms with Crippen molar-refractivity contribution in [3.8, 4) is 17.6 Å². The largest absolute Gasteiger partial charge is 0.459 e. The molecular formula is C20H15F5N6O. The van der Waals surface area contributed by atoms with Crippen molar-refractivity contribution in [3.05, 3.63) is 70.5 Å². The smallest absolute Gasteiger partial charge is 0.422 e. The number of rotatable bonds is 3. The molecule has 1 aromatic carbocycles. The predicted molar refractivity (Wildman–Crippen MR) is 101 cm³/mol. The van der Waals surface area contributed by atoms with Crippen LogP contribution in [0.25, 0.3) is 5.69 Å². The highest BCUT2D eigenvalue weighted by Crippen LogP contribution is 2.52. The van der Waals surface area contributed by atoms with E-state index >= 15 is 0 Å². The number of nitriles is 1. The molecule has 0 bridgehead atoms. The Hall–Kier alpha value is -3.88. The number of ether oxygens (including phenoxy) is 1. The highest BCUT2D eigenvalue weighted by Gasteiger charge is 2.63. The van der Waals surface area contributed by atoms with E-state index in [2.05, 4.69) is 10.2 Å². The van der Waals surface area contributed by atoms with Crippen LogP contribution < -0.4 is 10.5 Å². The fourth-order valence-electron chi connectivity index (χ4n) is 3.65. The van der Waals surface area contributed by atoms with Gasteiger partial charge in [-0.15, -0.1) is 0 Å². The van der Waals surface area contributed by atoms with Gasteiger partial charge >= 0.3 is 12.1 Å². The summed E-state index contributed by atoms with van der Waals surface area (Å²) < 4.78 is 77.1. The minimum atomic E-state index is -5.94. The van der Waals surface area contributed by atoms with E-state index in [0.717, 1.165) is 4.68 Å². The lowest BCUT2D eigenvalue weighted by atomic mass is 9.85. The molecule has 3 heterocycles. The quantitative estimate of drug-likeness (QED) is 0.613. The van der Waals surface area contributed by atoms with Crippen LogP contribution in [-0.2, 0) is 13.0 Å². The fraction of sp³-hybridized carbons (Fsp3) is 0.250. The van der Waals surface area contributed by atoms with Crippen molar-refractivity contribution in [2.75, 3.05) is 0 Å². The summed E-state index contributed by atoms with van der Waals surface area (Å²) in [6.45, 7) is 1.61. The monoisotopic (exact) mass is 450 g/mol. The highest BCUT2D eigenvalue weighted by atomic mass is 19.4. The lowest BCUT2D eigenvalue weighted by Crippen LogP contribution is -2.36. The van der Waals surface area contributed by atoms with Gasteiger partial charge in [0.25, 0.3) is 0 Å². The maximum atomic E-state index is 14.7. The number of aryl methyl sites for hydroxylation is 2. The van der Waals surface area contributed by atoms with E-state index in [-0.39, 0.29) is 17.0 Å². The molecule has 12 heteroatoms. The van der Waals surface area contributed by atoms with Crippen LogP contribution in [-0.4, -0.2) is 25.7 Å². The molecule has 1 aliphatic heterocycles. The fourth-order valence-corrected chi connectivity index (χ4v) is 3.65. The Balaban J connectivity index is 2.11. The second-order valence-electron chi connectivity index (χ2n) is 7.15. The van der Waals surface area contributed by atoms with Gasteiger partial charge in [0.05, 0.1) is 28.6 Å². The molecule has 3 aromatic rings. The minimum absolute atomic E-state index is 0.168. The van der Waals surface area contributed by atoms with Crippen LogP contribution in [0.4, 0.5) is 22.0 Å². The molecule has 0 fully saturated rings. The van der Waals surface area contributed by atoms with Gasteiger partial charge in [0.15, 0.2) is 0 Å². The van der Waals surface area contributed by atoms with Crippen LogP contribution in [0.3, 0.4) is 0 Å². The summed E-state index contributed by atoms with van der Waals surface area (Å²) in [5, 5.41) is 17.4. The Morgan fingerprint density at radius 1 is 1.12 bits per heavy atom. The lowest BCUT2D eigenvalue weighted by molar-refractivity contribution is -0.291. The molecule has 166 valence electrons. The number of para-hydroxylation sites is 1. The van der Waals surface area contributed by atoms with Crippen molar-refractivity contribution in [2.24, 2.45) is 12.8 Å². The van der Waals surface area contributed by atoms with E-state index in [4.69, 9.17) is 10.5 Å². The molecule has 32 heavy (non-hydrogen) atoms. The Labute approximate surface area is 178 Å².